The van der Waals surface area contributed by atoms with Crippen LogP contribution in [0.15, 0.2) is 65.6 Å². The number of aliphatic carboxylic acids is 1. The summed E-state index contributed by atoms with van der Waals surface area (Å²) in [6.45, 7) is 0. The number of benzene rings is 2. The molecule has 2 N–H and O–H groups in total. The van der Waals surface area contributed by atoms with Crippen molar-refractivity contribution in [1.29, 1.82) is 0 Å². The molecule has 0 bridgehead atoms. The van der Waals surface area contributed by atoms with Gasteiger partial charge < -0.3 is 15.2 Å². The predicted molar refractivity (Wildman–Crippen MR) is 130 cm³/mol. The number of carbonyl (C=O) groups excluding carboxylic acids is 1. The first-order valence-corrected chi connectivity index (χ1v) is 11.9. The second kappa shape index (κ2) is 9.76. The molecule has 2 saturated carbocycles. The SMILES string of the molecule is O=C([O-])C1CC12CCC(c1ccc(Nc3nc(-c4ccccc4)nc4cn[nH]c(=O)c34)cc1)CC2.[Na+]. The van der Waals surface area contributed by atoms with Gasteiger partial charge in [0.15, 0.2) is 5.82 Å². The summed E-state index contributed by atoms with van der Waals surface area (Å²) in [7, 11) is 0. The summed E-state index contributed by atoms with van der Waals surface area (Å²) >= 11 is 0. The smallest absolute Gasteiger partial charge is 0.550 e. The standard InChI is InChI=1S/C27H25N5O3.Na/c33-25-22-21(15-28-32-25)30-23(18-4-2-1-3-5-18)31-24(22)29-19-8-6-16(7-9-19)17-10-12-27(13-11-17)14-20(27)26(34)35;/h1-9,15,17,20H,10-14H2,(H,32,33)(H,34,35)(H,29,30,31);/q;+1/p-1. The largest absolute Gasteiger partial charge is 1.00 e. The van der Waals surface area contributed by atoms with Gasteiger partial charge in [-0.25, -0.2) is 15.1 Å². The van der Waals surface area contributed by atoms with Gasteiger partial charge in [0.2, 0.25) is 0 Å². The first-order chi connectivity index (χ1) is 17.0. The Morgan fingerprint density at radius 1 is 1.03 bits per heavy atom. The molecule has 9 heteroatoms. The molecule has 4 aromatic rings. The summed E-state index contributed by atoms with van der Waals surface area (Å²) < 4.78 is 0. The summed E-state index contributed by atoms with van der Waals surface area (Å²) in [5, 5.41) is 21.2. The predicted octanol–water partition coefficient (Wildman–Crippen LogP) is 0.542. The third kappa shape index (κ3) is 4.56. The van der Waals surface area contributed by atoms with Gasteiger partial charge in [-0.15, -0.1) is 0 Å². The molecule has 8 nitrogen and oxygen atoms in total. The van der Waals surface area contributed by atoms with Crippen molar-refractivity contribution < 1.29 is 39.5 Å². The summed E-state index contributed by atoms with van der Waals surface area (Å²) in [6.07, 6.45) is 6.19. The number of hydrogen-bond donors (Lipinski definition) is 2. The molecule has 36 heavy (non-hydrogen) atoms. The van der Waals surface area contributed by atoms with Gasteiger partial charge in [-0.2, -0.15) is 5.10 Å². The molecule has 1 spiro atoms. The van der Waals surface area contributed by atoms with E-state index >= 15 is 0 Å². The van der Waals surface area contributed by atoms with Crippen LogP contribution >= 0.6 is 0 Å². The molecule has 0 amide bonds. The fourth-order valence-corrected chi connectivity index (χ4v) is 5.55. The van der Waals surface area contributed by atoms with Gasteiger partial charge in [0.05, 0.1) is 6.20 Å². The zero-order valence-corrected chi connectivity index (χ0v) is 22.0. The Balaban J connectivity index is 0.00000267. The van der Waals surface area contributed by atoms with E-state index in [9.17, 15) is 14.7 Å². The Kier molecular flexibility index (Phi) is 6.68. The second-order valence-electron chi connectivity index (χ2n) is 9.68. The molecular formula is C27H24N5NaO3. The van der Waals surface area contributed by atoms with Crippen LogP contribution in [0.4, 0.5) is 11.5 Å². The van der Waals surface area contributed by atoms with E-state index in [1.807, 2.05) is 42.5 Å². The molecule has 1 atom stereocenters. The van der Waals surface area contributed by atoms with E-state index in [0.29, 0.717) is 28.5 Å². The molecule has 2 aliphatic rings. The maximum Gasteiger partial charge on any atom is 1.00 e. The molecule has 0 saturated heterocycles. The van der Waals surface area contributed by atoms with E-state index in [0.717, 1.165) is 43.4 Å². The Morgan fingerprint density at radius 3 is 2.42 bits per heavy atom. The molecule has 0 aliphatic heterocycles. The fourth-order valence-electron chi connectivity index (χ4n) is 5.55. The number of nitrogens with zero attached hydrogens (tertiary/aromatic N) is 3. The Morgan fingerprint density at radius 2 is 1.75 bits per heavy atom. The van der Waals surface area contributed by atoms with Crippen LogP contribution in [0.2, 0.25) is 0 Å². The minimum atomic E-state index is -0.888. The normalized spacial score (nSPS) is 22.7. The molecule has 2 aromatic heterocycles. The maximum absolute atomic E-state index is 12.5. The summed E-state index contributed by atoms with van der Waals surface area (Å²) in [6, 6.07) is 17.8. The summed E-state index contributed by atoms with van der Waals surface area (Å²) in [5.74, 6) is 0.219. The van der Waals surface area contributed by atoms with E-state index in [1.165, 1.54) is 11.8 Å². The average Bonchev–Trinajstić information content (AvgIpc) is 3.59. The van der Waals surface area contributed by atoms with Gasteiger partial charge >= 0.3 is 29.6 Å². The van der Waals surface area contributed by atoms with Gasteiger partial charge in [-0.05, 0) is 61.1 Å². The Bertz CT molecular complexity index is 1460. The van der Waals surface area contributed by atoms with Crippen LogP contribution in [0.1, 0.15) is 43.6 Å². The van der Waals surface area contributed by atoms with Gasteiger partial charge in [-0.1, -0.05) is 42.5 Å². The minimum Gasteiger partial charge on any atom is -0.550 e. The quantitative estimate of drug-likeness (QED) is 0.392. The van der Waals surface area contributed by atoms with Crippen molar-refractivity contribution in [3.8, 4) is 11.4 Å². The molecular weight excluding hydrogens is 465 g/mol. The van der Waals surface area contributed by atoms with Crippen LogP contribution < -0.4 is 45.5 Å². The van der Waals surface area contributed by atoms with Crippen LogP contribution in [0.5, 0.6) is 0 Å². The number of rotatable bonds is 5. The number of hydrogen-bond acceptors (Lipinski definition) is 7. The molecule has 6 rings (SSSR count). The van der Waals surface area contributed by atoms with Crippen molar-refractivity contribution >= 4 is 28.4 Å². The van der Waals surface area contributed by atoms with E-state index in [1.54, 1.807) is 0 Å². The van der Waals surface area contributed by atoms with Crippen molar-refractivity contribution in [1.82, 2.24) is 20.2 Å². The molecule has 2 heterocycles. The minimum absolute atomic E-state index is 0. The van der Waals surface area contributed by atoms with Crippen LogP contribution in [0.3, 0.4) is 0 Å². The number of aromatic amines is 1. The number of carboxylic acid groups (broad SMARTS) is 1. The fraction of sp³-hybridized carbons (Fsp3) is 0.296. The number of H-pyrrole nitrogens is 1. The van der Waals surface area contributed by atoms with Crippen LogP contribution in [0, 0.1) is 11.3 Å². The van der Waals surface area contributed by atoms with Crippen molar-refractivity contribution in [3.63, 3.8) is 0 Å². The topological polar surface area (TPSA) is 124 Å². The zero-order chi connectivity index (χ0) is 24.0. The van der Waals surface area contributed by atoms with Crippen molar-refractivity contribution in [3.05, 3.63) is 76.7 Å². The van der Waals surface area contributed by atoms with Gasteiger partial charge in [0.1, 0.15) is 16.7 Å². The van der Waals surface area contributed by atoms with E-state index in [-0.39, 0.29) is 46.4 Å². The number of fused-ring (bicyclic) bond motifs is 1. The molecule has 2 fully saturated rings. The summed E-state index contributed by atoms with van der Waals surface area (Å²) in [4.78, 5) is 33.0. The first kappa shape index (κ1) is 24.6. The number of carboxylic acids is 1. The maximum atomic E-state index is 12.5. The molecule has 176 valence electrons. The van der Waals surface area contributed by atoms with Gasteiger partial charge in [0.25, 0.3) is 5.56 Å². The van der Waals surface area contributed by atoms with Gasteiger partial charge in [0, 0.05) is 23.1 Å². The third-order valence-corrected chi connectivity index (χ3v) is 7.65. The second-order valence-corrected chi connectivity index (χ2v) is 9.68. The van der Waals surface area contributed by atoms with Crippen molar-refractivity contribution in [2.45, 2.75) is 38.0 Å². The Labute approximate surface area is 229 Å². The Hall–Kier alpha value is -3.07. The molecule has 2 aromatic carbocycles. The van der Waals surface area contributed by atoms with Crippen LogP contribution in [-0.4, -0.2) is 26.1 Å². The average molecular weight is 490 g/mol. The van der Waals surface area contributed by atoms with E-state index in [4.69, 9.17) is 0 Å². The van der Waals surface area contributed by atoms with E-state index in [2.05, 4.69) is 37.6 Å². The number of carbonyl (C=O) groups is 1. The first-order valence-electron chi connectivity index (χ1n) is 11.9. The zero-order valence-electron chi connectivity index (χ0n) is 20.0. The molecule has 1 unspecified atom stereocenters. The third-order valence-electron chi connectivity index (χ3n) is 7.65. The van der Waals surface area contributed by atoms with Gasteiger partial charge in [-0.3, -0.25) is 4.79 Å². The van der Waals surface area contributed by atoms with Crippen molar-refractivity contribution in [2.24, 2.45) is 11.3 Å². The van der Waals surface area contributed by atoms with Crippen molar-refractivity contribution in [2.75, 3.05) is 5.32 Å². The molecule has 0 radical (unpaired) electrons. The molecule has 2 aliphatic carbocycles. The number of anilines is 2. The van der Waals surface area contributed by atoms with Crippen LogP contribution in [-0.2, 0) is 4.79 Å². The summed E-state index contributed by atoms with van der Waals surface area (Å²) in [5.41, 5.74) is 3.01. The van der Waals surface area contributed by atoms with E-state index < -0.39 is 5.97 Å². The number of nitrogens with one attached hydrogen (secondary N) is 2. The number of aromatic nitrogens is 4. The van der Waals surface area contributed by atoms with Crippen LogP contribution in [0.25, 0.3) is 22.3 Å². The monoisotopic (exact) mass is 489 g/mol.